The molecule has 1 saturated heterocycles. The summed E-state index contributed by atoms with van der Waals surface area (Å²) in [6.07, 6.45) is -3.35. The summed E-state index contributed by atoms with van der Waals surface area (Å²) in [4.78, 5) is 40.7. The second kappa shape index (κ2) is 22.7. The molecule has 8 atom stereocenters. The van der Waals surface area contributed by atoms with E-state index in [1.807, 2.05) is 0 Å². The summed E-state index contributed by atoms with van der Waals surface area (Å²) >= 11 is 3.70. The molecule has 2 N–H and O–H groups in total. The molecular formula is C54H61ClF9N8O5S-. The van der Waals surface area contributed by atoms with Crippen LogP contribution >= 0.6 is 11.6 Å². The highest BCUT2D eigenvalue weighted by molar-refractivity contribution is 7.80. The summed E-state index contributed by atoms with van der Waals surface area (Å²) in [6.45, 7) is 15.4. The lowest BCUT2D eigenvalue weighted by atomic mass is 9.81. The number of aromatic nitrogens is 5. The molecule has 3 aliphatic carbocycles. The summed E-state index contributed by atoms with van der Waals surface area (Å²) in [5.74, 6) is -11.9. The average Bonchev–Trinajstić information content (AvgIpc) is 4.15. The predicted molar refractivity (Wildman–Crippen MR) is 274 cm³/mol. The fourth-order valence-electron chi connectivity index (χ4n) is 11.5. The number of amides is 1. The van der Waals surface area contributed by atoms with E-state index in [9.17, 15) is 39.9 Å². The third-order valence-corrected chi connectivity index (χ3v) is 16.3. The first-order valence-electron chi connectivity index (χ1n) is 25.9. The molecule has 5 aromatic rings. The van der Waals surface area contributed by atoms with Crippen molar-refractivity contribution in [2.75, 3.05) is 19.6 Å². The Morgan fingerprint density at radius 1 is 0.987 bits per heavy atom. The lowest BCUT2D eigenvalue weighted by Crippen LogP contribution is -2.46. The number of benzene rings is 2. The molecule has 4 aliphatic rings. The molecule has 1 amide bonds. The van der Waals surface area contributed by atoms with Crippen LogP contribution in [-0.2, 0) is 45.2 Å². The monoisotopic (exact) mass is 1140 g/mol. The molecule has 3 aromatic heterocycles. The van der Waals surface area contributed by atoms with E-state index >= 15 is 18.0 Å². The van der Waals surface area contributed by atoms with Crippen molar-refractivity contribution in [3.8, 4) is 5.69 Å². The summed E-state index contributed by atoms with van der Waals surface area (Å²) in [7, 11) is 0. The number of nitrogens with one attached hydrogen (secondary N) is 2. The Morgan fingerprint density at radius 2 is 1.63 bits per heavy atom. The van der Waals surface area contributed by atoms with Crippen LogP contribution in [0.5, 0.6) is 0 Å². The Labute approximate surface area is 452 Å². The van der Waals surface area contributed by atoms with E-state index in [-0.39, 0.29) is 56.0 Å². The van der Waals surface area contributed by atoms with Gasteiger partial charge in [0, 0.05) is 62.0 Å². The zero-order valence-corrected chi connectivity index (χ0v) is 45.6. The summed E-state index contributed by atoms with van der Waals surface area (Å²) < 4.78 is 165. The van der Waals surface area contributed by atoms with Gasteiger partial charge in [0.15, 0.2) is 11.3 Å². The van der Waals surface area contributed by atoms with Crippen molar-refractivity contribution >= 4 is 45.3 Å². The number of nitrogens with zero attached hydrogens (tertiary/aromatic N) is 6. The van der Waals surface area contributed by atoms with Crippen LogP contribution in [0, 0.1) is 42.7 Å². The van der Waals surface area contributed by atoms with Crippen LogP contribution in [-0.4, -0.2) is 92.6 Å². The summed E-state index contributed by atoms with van der Waals surface area (Å²) in [5, 5.41) is 13.2. The molecule has 0 radical (unpaired) electrons. The van der Waals surface area contributed by atoms with Crippen LogP contribution in [0.15, 0.2) is 41.2 Å². The van der Waals surface area contributed by atoms with Gasteiger partial charge in [-0.2, -0.15) is 13.9 Å². The largest absolute Gasteiger partial charge is 0.772 e. The Morgan fingerprint density at radius 3 is 2.23 bits per heavy atom. The number of hydrogen-bond donors (Lipinski definition) is 2. The highest BCUT2D eigenvalue weighted by atomic mass is 35.5. The van der Waals surface area contributed by atoms with Crippen molar-refractivity contribution in [3.63, 3.8) is 0 Å². The Bertz CT molecular complexity index is 3170. The van der Waals surface area contributed by atoms with Gasteiger partial charge >= 0.3 is 0 Å². The second-order valence-corrected chi connectivity index (χ2v) is 23.1. The summed E-state index contributed by atoms with van der Waals surface area (Å²) in [6, 6.07) is 4.38. The lowest BCUT2D eigenvalue weighted by Gasteiger charge is -2.36. The molecule has 13 nitrogen and oxygen atoms in total. The van der Waals surface area contributed by atoms with Gasteiger partial charge in [0.2, 0.25) is 11.8 Å². The zero-order valence-electron chi connectivity index (χ0n) is 44.0. The Balaban J connectivity index is 0.000000500. The van der Waals surface area contributed by atoms with Crippen LogP contribution in [0.25, 0.3) is 16.7 Å². The topological polar surface area (TPSA) is 171 Å². The van der Waals surface area contributed by atoms with Crippen LogP contribution in [0.2, 0.25) is 5.02 Å². The number of halogens is 10. The minimum atomic E-state index is -3.61. The molecule has 2 saturated carbocycles. The molecule has 78 heavy (non-hydrogen) atoms. The minimum Gasteiger partial charge on any atom is -0.772 e. The standard InChI is InChI=1S/C42H37ClF9N7O4S.C12H25NO/c1-17-10-28(40(48)6-8-41(49,50)9-7-40)55-37-30(17)39(61)59(27-5-4-25(43)31(18(27)2)33(53)19(3)64(62)63)38(56-37)26(13-20-11-21(44)14-22(45)12-20)54-29(60)16-58-35-32(34(57-58)36(46)47)23-15-24(23)42(35,51)52;1-5-6-10(2)7-13-8-11(3)14-12(4)9-13/h4-5,10-12,14,19,23-24,26,36,53H,6-9,13,15-16H2,1-3H3,(H,54,60)(H,62,63);10-12H,5-9H2,1-4H3/p-1. The van der Waals surface area contributed by atoms with E-state index in [0.717, 1.165) is 35.7 Å². The van der Waals surface area contributed by atoms with Gasteiger partial charge in [0.25, 0.3) is 17.9 Å². The average molecular weight is 1140 g/mol. The number of carbonyl (C=O) groups is 1. The van der Waals surface area contributed by atoms with Crippen molar-refractivity contribution in [1.82, 2.24) is 34.5 Å². The van der Waals surface area contributed by atoms with Gasteiger partial charge in [0.1, 0.15) is 35.4 Å². The van der Waals surface area contributed by atoms with Crippen molar-refractivity contribution in [2.45, 2.75) is 160 Å². The molecule has 1 aliphatic heterocycles. The van der Waals surface area contributed by atoms with Crippen LogP contribution in [0.1, 0.15) is 149 Å². The molecular weight excluding hydrogens is 1080 g/mol. The molecule has 9 rings (SSSR count). The maximum absolute atomic E-state index is 16.5. The van der Waals surface area contributed by atoms with Crippen molar-refractivity contribution < 1.29 is 57.8 Å². The highest BCUT2D eigenvalue weighted by Crippen LogP contribution is 2.68. The van der Waals surface area contributed by atoms with Crippen molar-refractivity contribution in [1.29, 1.82) is 5.41 Å². The quantitative estimate of drug-likeness (QED) is 0.0554. The maximum atomic E-state index is 16.5. The molecule has 2 aromatic carbocycles. The van der Waals surface area contributed by atoms with E-state index in [1.165, 1.54) is 58.4 Å². The van der Waals surface area contributed by atoms with Crippen LogP contribution in [0.4, 0.5) is 39.5 Å². The molecule has 0 spiro atoms. The van der Waals surface area contributed by atoms with E-state index in [2.05, 4.69) is 53.0 Å². The Kier molecular flexibility index (Phi) is 17.2. The van der Waals surface area contributed by atoms with Gasteiger partial charge in [-0.05, 0) is 130 Å². The summed E-state index contributed by atoms with van der Waals surface area (Å²) in [5.41, 5.74) is -7.04. The number of fused-ring (bicyclic) bond motifs is 4. The number of aryl methyl sites for hydroxylation is 1. The molecule has 8 unspecified atom stereocenters. The van der Waals surface area contributed by atoms with Gasteiger partial charge in [-0.3, -0.25) is 27.9 Å². The number of pyridine rings is 1. The highest BCUT2D eigenvalue weighted by Gasteiger charge is 2.67. The first-order valence-corrected chi connectivity index (χ1v) is 27.4. The smallest absolute Gasteiger partial charge is 0.293 e. The van der Waals surface area contributed by atoms with Gasteiger partial charge in [0.05, 0.1) is 51.0 Å². The third-order valence-electron chi connectivity index (χ3n) is 15.2. The van der Waals surface area contributed by atoms with E-state index in [4.69, 9.17) is 21.7 Å². The molecule has 4 heterocycles. The third kappa shape index (κ3) is 12.1. The van der Waals surface area contributed by atoms with Crippen LogP contribution < -0.4 is 10.9 Å². The maximum Gasteiger partial charge on any atom is 0.293 e. The fourth-order valence-corrected chi connectivity index (χ4v) is 12.1. The SMILES string of the molecule is CCCC(C)CN1CC(C)OC(C)C1.Cc1c(-n2c(C(Cc3cc(F)cc(F)c3)NC(=O)Cn3nc(C(F)F)c4c3C(F)(F)C3CC43)nc3nc(C4(F)CCC(F)(F)CC4)cc(C)c3c2=O)ccc(Cl)c1C(=N)C(C)S(=O)[O-]. The molecule has 24 heteroatoms. The zero-order chi connectivity index (χ0) is 57.1. The first-order chi connectivity index (χ1) is 36.5. The number of hydrogen-bond acceptors (Lipinski definition) is 10. The molecule has 3 fully saturated rings. The normalized spacial score (nSPS) is 22.7. The van der Waals surface area contributed by atoms with Crippen molar-refractivity contribution in [2.24, 2.45) is 11.8 Å². The lowest BCUT2D eigenvalue weighted by molar-refractivity contribution is -0.123. The number of alkyl halides is 7. The molecule has 0 bridgehead atoms. The van der Waals surface area contributed by atoms with Crippen molar-refractivity contribution in [3.05, 3.63) is 114 Å². The number of morpholine rings is 1. The second-order valence-electron chi connectivity index (χ2n) is 21.5. The van der Waals surface area contributed by atoms with Gasteiger partial charge < -0.3 is 20.0 Å². The number of rotatable bonds is 16. The minimum absolute atomic E-state index is 0.0293. The van der Waals surface area contributed by atoms with E-state index in [1.54, 1.807) is 0 Å². The predicted octanol–water partition coefficient (Wildman–Crippen LogP) is 11.3. The van der Waals surface area contributed by atoms with E-state index in [0.29, 0.717) is 23.0 Å². The van der Waals surface area contributed by atoms with Gasteiger partial charge in [-0.15, -0.1) is 0 Å². The Hall–Kier alpha value is -5.23. The fraction of sp³-hybridized carbons (Fsp3) is 0.556. The van der Waals surface area contributed by atoms with Gasteiger partial charge in [-0.25, -0.2) is 40.7 Å². The van der Waals surface area contributed by atoms with E-state index < -0.39 is 148 Å². The van der Waals surface area contributed by atoms with Crippen LogP contribution in [0.3, 0.4) is 0 Å². The number of ether oxygens (including phenoxy) is 1. The first kappa shape index (κ1) is 58.9. The van der Waals surface area contributed by atoms with Gasteiger partial charge in [-0.1, -0.05) is 31.9 Å². The number of carbonyl (C=O) groups excluding carboxylic acids is 1. The molecule has 424 valence electrons.